The quantitative estimate of drug-likeness (QED) is 0.0309. The van der Waals surface area contributed by atoms with Crippen LogP contribution in [0.2, 0.25) is 0 Å². The Morgan fingerprint density at radius 2 is 0.855 bits per heavy atom. The summed E-state index contributed by atoms with van der Waals surface area (Å²) in [5, 5.41) is 1.98. The zero-order valence-electron chi connectivity index (χ0n) is 45.1. The van der Waals surface area contributed by atoms with Crippen molar-refractivity contribution in [2.45, 2.75) is 170 Å². The molecule has 410 valence electrons. The van der Waals surface area contributed by atoms with Crippen molar-refractivity contribution in [1.29, 1.82) is 0 Å². The van der Waals surface area contributed by atoms with Gasteiger partial charge in [0.2, 0.25) is 0 Å². The predicted molar refractivity (Wildman–Crippen MR) is 333 cm³/mol. The summed E-state index contributed by atoms with van der Waals surface area (Å²) >= 11 is 17.1. The lowest BCUT2D eigenvalue weighted by Crippen LogP contribution is -2.30. The number of hydrogen-bond acceptors (Lipinski definition) is 12. The highest BCUT2D eigenvalue weighted by Crippen LogP contribution is 2.54. The van der Waals surface area contributed by atoms with Crippen molar-refractivity contribution in [2.24, 2.45) is 11.8 Å². The Morgan fingerprint density at radius 1 is 0.487 bits per heavy atom. The van der Waals surface area contributed by atoms with Gasteiger partial charge in [-0.05, 0) is 106 Å². The number of halogens is 2. The average Bonchev–Trinajstić information content (AvgIpc) is 4.31. The molecule has 6 aromatic heterocycles. The molecule has 16 heteroatoms. The van der Waals surface area contributed by atoms with Gasteiger partial charge in [-0.3, -0.25) is 9.59 Å². The van der Waals surface area contributed by atoms with Gasteiger partial charge in [0, 0.05) is 33.6 Å². The SMILES string of the molecule is CCCCCCCCN1C(=O)C2=C(c3ccc(-c4sc(Br)c5cc(C(=O)OCC(CC)CCCC)sc45)s3)N(CCCCCCCC)C(=O)C2=C1c1ccc(-c2sc(Br)c3cc(C(=O)OCC(CC)CCCC)sc23)s1. The first kappa shape index (κ1) is 59.2. The first-order chi connectivity index (χ1) is 37.0. The summed E-state index contributed by atoms with van der Waals surface area (Å²) in [6, 6.07) is 12.3. The van der Waals surface area contributed by atoms with Crippen LogP contribution in [0.1, 0.15) is 199 Å². The summed E-state index contributed by atoms with van der Waals surface area (Å²) in [5.41, 5.74) is 2.43. The monoisotopic (exact) mass is 1270 g/mol. The molecule has 8 heterocycles. The Labute approximate surface area is 491 Å². The van der Waals surface area contributed by atoms with E-state index >= 15 is 9.59 Å². The van der Waals surface area contributed by atoms with Crippen molar-refractivity contribution in [3.63, 3.8) is 0 Å². The van der Waals surface area contributed by atoms with Crippen molar-refractivity contribution in [2.75, 3.05) is 26.3 Å². The van der Waals surface area contributed by atoms with E-state index in [1.807, 2.05) is 21.9 Å². The number of thiophene rings is 6. The van der Waals surface area contributed by atoms with E-state index in [9.17, 15) is 9.59 Å². The number of rotatable bonds is 32. The van der Waals surface area contributed by atoms with E-state index in [1.165, 1.54) is 61.2 Å². The second-order valence-electron chi connectivity index (χ2n) is 20.4. The summed E-state index contributed by atoms with van der Waals surface area (Å²) < 4.78 is 15.8. The molecule has 0 saturated carbocycles. The third-order valence-electron chi connectivity index (χ3n) is 14.9. The number of amides is 2. The molecule has 0 radical (unpaired) electrons. The number of nitrogens with zero attached hydrogens (tertiary/aromatic N) is 2. The lowest BCUT2D eigenvalue weighted by molar-refractivity contribution is -0.124. The number of esters is 2. The van der Waals surface area contributed by atoms with Crippen LogP contribution in [0.15, 0.2) is 55.1 Å². The highest BCUT2D eigenvalue weighted by molar-refractivity contribution is 9.11. The van der Waals surface area contributed by atoms with Gasteiger partial charge in [0.1, 0.15) is 9.75 Å². The highest BCUT2D eigenvalue weighted by atomic mass is 79.9. The molecular weight excluding hydrogens is 1200 g/mol. The lowest BCUT2D eigenvalue weighted by atomic mass is 10.0. The molecule has 2 atom stereocenters. The first-order valence-corrected chi connectivity index (χ1v) is 34.6. The third-order valence-corrected chi connectivity index (χ3v) is 23.7. The van der Waals surface area contributed by atoms with Gasteiger partial charge in [-0.2, -0.15) is 0 Å². The smallest absolute Gasteiger partial charge is 0.348 e. The second-order valence-corrected chi connectivity index (χ2v) is 29.3. The van der Waals surface area contributed by atoms with E-state index in [-0.39, 0.29) is 23.8 Å². The molecule has 8 rings (SSSR count). The van der Waals surface area contributed by atoms with Crippen molar-refractivity contribution in [3.8, 4) is 19.5 Å². The van der Waals surface area contributed by atoms with Gasteiger partial charge in [-0.15, -0.1) is 68.0 Å². The van der Waals surface area contributed by atoms with Gasteiger partial charge in [-0.25, -0.2) is 9.59 Å². The van der Waals surface area contributed by atoms with Gasteiger partial charge in [0.25, 0.3) is 11.8 Å². The van der Waals surface area contributed by atoms with Crippen LogP contribution in [-0.4, -0.2) is 59.9 Å². The first-order valence-electron chi connectivity index (χ1n) is 28.1. The standard InChI is InChI=1S/C60H74Br2N2O6S6/c1-7-13-17-19-21-23-31-63-49(41-27-29-43(71-41)53-51-39(55(61)75-53)33-45(73-51)59(67)69-35-37(11-5)25-15-9-3)47-48(57(63)65)50(64(58(47)66)32-24-22-20-18-14-8-2)42-28-30-44(72-42)54-52-40(56(62)76-54)34-46(74-52)60(68)70-36-38(12-6)26-16-10-4/h27-30,33-34,37-38H,7-26,31-32,35-36H2,1-6H3. The van der Waals surface area contributed by atoms with Crippen molar-refractivity contribution < 1.29 is 28.7 Å². The second kappa shape index (κ2) is 28.5. The van der Waals surface area contributed by atoms with Crippen LogP contribution < -0.4 is 0 Å². The molecule has 0 fully saturated rings. The van der Waals surface area contributed by atoms with Crippen LogP contribution in [0, 0.1) is 11.8 Å². The number of fused-ring (bicyclic) bond motifs is 3. The molecule has 2 aliphatic rings. The van der Waals surface area contributed by atoms with E-state index in [1.54, 1.807) is 45.3 Å². The van der Waals surface area contributed by atoms with Gasteiger partial charge in [0.05, 0.1) is 72.2 Å². The number of ether oxygens (including phenoxy) is 2. The van der Waals surface area contributed by atoms with Crippen molar-refractivity contribution in [1.82, 2.24) is 9.80 Å². The summed E-state index contributed by atoms with van der Waals surface area (Å²) in [6.45, 7) is 15.1. The van der Waals surface area contributed by atoms with E-state index in [0.29, 0.717) is 70.4 Å². The maximum Gasteiger partial charge on any atom is 0.348 e. The minimum absolute atomic E-state index is 0.109. The molecule has 0 N–H and O–H groups in total. The van der Waals surface area contributed by atoms with Crippen LogP contribution in [0.25, 0.3) is 51.1 Å². The Kier molecular flexibility index (Phi) is 22.2. The van der Waals surface area contributed by atoms with E-state index < -0.39 is 0 Å². The number of carbonyl (C=O) groups excluding carboxylic acids is 4. The molecule has 0 saturated heterocycles. The number of unbranched alkanes of at least 4 members (excludes halogenated alkanes) is 12. The van der Waals surface area contributed by atoms with E-state index in [2.05, 4.69) is 97.7 Å². The van der Waals surface area contributed by atoms with E-state index in [0.717, 1.165) is 147 Å². The minimum atomic E-state index is -0.279. The van der Waals surface area contributed by atoms with E-state index in [4.69, 9.17) is 9.47 Å². The summed E-state index contributed by atoms with van der Waals surface area (Å²) in [7, 11) is 0. The minimum Gasteiger partial charge on any atom is -0.461 e. The molecule has 0 aromatic carbocycles. The largest absolute Gasteiger partial charge is 0.461 e. The van der Waals surface area contributed by atoms with Crippen LogP contribution in [0.4, 0.5) is 0 Å². The summed E-state index contributed by atoms with van der Waals surface area (Å²) in [5.74, 6) is -0.0588. The summed E-state index contributed by atoms with van der Waals surface area (Å²) in [4.78, 5) is 68.7. The zero-order valence-corrected chi connectivity index (χ0v) is 53.2. The molecule has 2 unspecified atom stereocenters. The Bertz CT molecular complexity index is 2840. The third kappa shape index (κ3) is 13.4. The molecule has 8 nitrogen and oxygen atoms in total. The molecule has 2 aliphatic heterocycles. The van der Waals surface area contributed by atoms with Gasteiger partial charge < -0.3 is 19.3 Å². The molecular formula is C60H74Br2N2O6S6. The normalized spacial score (nSPS) is 14.7. The van der Waals surface area contributed by atoms with Crippen LogP contribution in [-0.2, 0) is 19.1 Å². The maximum atomic E-state index is 15.4. The maximum absolute atomic E-state index is 15.4. The topological polar surface area (TPSA) is 93.2 Å². The molecule has 0 bridgehead atoms. The fourth-order valence-corrected chi connectivity index (χ4v) is 19.1. The van der Waals surface area contributed by atoms with Crippen molar-refractivity contribution >= 4 is 155 Å². The van der Waals surface area contributed by atoms with Gasteiger partial charge in [0.15, 0.2) is 0 Å². The van der Waals surface area contributed by atoms with Gasteiger partial charge in [-0.1, -0.05) is 144 Å². The Balaban J connectivity index is 1.15. The average molecular weight is 1270 g/mol. The number of hydrogen-bond donors (Lipinski definition) is 0. The molecule has 0 aliphatic carbocycles. The summed E-state index contributed by atoms with van der Waals surface area (Å²) in [6.07, 6.45) is 21.5. The fourth-order valence-electron chi connectivity index (χ4n) is 10.3. The molecule has 2 amide bonds. The molecule has 6 aromatic rings. The van der Waals surface area contributed by atoms with Crippen LogP contribution in [0.3, 0.4) is 0 Å². The van der Waals surface area contributed by atoms with Gasteiger partial charge >= 0.3 is 11.9 Å². The van der Waals surface area contributed by atoms with Crippen molar-refractivity contribution in [3.05, 3.63) is 74.6 Å². The lowest BCUT2D eigenvalue weighted by Gasteiger charge is -2.24. The zero-order chi connectivity index (χ0) is 53.9. The predicted octanol–water partition coefficient (Wildman–Crippen LogP) is 20.5. The molecule has 0 spiro atoms. The van der Waals surface area contributed by atoms with Crippen LogP contribution in [0.5, 0.6) is 0 Å². The fraction of sp³-hybridized carbons (Fsp3) is 0.533. The number of carbonyl (C=O) groups is 4. The van der Waals surface area contributed by atoms with Crippen LogP contribution >= 0.6 is 99.9 Å². The Morgan fingerprint density at radius 3 is 1.24 bits per heavy atom. The highest BCUT2D eigenvalue weighted by Gasteiger charge is 2.49. The Hall–Kier alpha value is -2.96. The molecule has 76 heavy (non-hydrogen) atoms.